The van der Waals surface area contributed by atoms with Gasteiger partial charge in [0.05, 0.1) is 26.5 Å². The van der Waals surface area contributed by atoms with Crippen LogP contribution in [0.2, 0.25) is 0 Å². The van der Waals surface area contributed by atoms with E-state index >= 15 is 0 Å². The van der Waals surface area contributed by atoms with Gasteiger partial charge >= 0.3 is 0 Å². The van der Waals surface area contributed by atoms with Crippen LogP contribution < -0.4 is 25.1 Å². The van der Waals surface area contributed by atoms with Crippen LogP contribution in [0.3, 0.4) is 0 Å². The van der Waals surface area contributed by atoms with E-state index in [9.17, 15) is 9.59 Å². The predicted octanol–water partition coefficient (Wildman–Crippen LogP) is 2.12. The van der Waals surface area contributed by atoms with Crippen molar-refractivity contribution in [2.24, 2.45) is 0 Å². The highest BCUT2D eigenvalue weighted by Crippen LogP contribution is 2.21. The van der Waals surface area contributed by atoms with Crippen LogP contribution in [0.4, 0.5) is 0 Å². The van der Waals surface area contributed by atoms with E-state index in [0.717, 1.165) is 16.0 Å². The minimum atomic E-state index is -0.355. The minimum absolute atomic E-state index is 0.181. The molecular weight excluding hydrogens is 386 g/mol. The third-order valence-electron chi connectivity index (χ3n) is 4.28. The quantitative estimate of drug-likeness (QED) is 0.545. The highest BCUT2D eigenvalue weighted by atomic mass is 16.5. The monoisotopic (exact) mass is 409 g/mol. The maximum Gasteiger partial charge on any atom is 0.267 e. The second-order valence-corrected chi connectivity index (χ2v) is 6.32. The van der Waals surface area contributed by atoms with E-state index in [0.29, 0.717) is 30.3 Å². The molecule has 3 rings (SSSR count). The first-order chi connectivity index (χ1) is 14.6. The van der Waals surface area contributed by atoms with Crippen LogP contribution in [0.15, 0.2) is 65.5 Å². The van der Waals surface area contributed by atoms with Crippen molar-refractivity contribution in [1.29, 1.82) is 0 Å². The van der Waals surface area contributed by atoms with E-state index in [1.54, 1.807) is 44.6 Å². The number of nitrogens with one attached hydrogen (secondary N) is 1. The molecule has 0 bridgehead atoms. The Hall–Kier alpha value is -3.81. The van der Waals surface area contributed by atoms with E-state index in [1.807, 2.05) is 24.3 Å². The van der Waals surface area contributed by atoms with Gasteiger partial charge in [0.1, 0.15) is 30.4 Å². The van der Waals surface area contributed by atoms with Crippen molar-refractivity contribution < 1.29 is 19.0 Å². The number of nitrogens with zero attached hydrogens (tertiary/aromatic N) is 2. The lowest BCUT2D eigenvalue weighted by Gasteiger charge is -2.10. The summed E-state index contributed by atoms with van der Waals surface area (Å²) in [5.74, 6) is 1.77. The van der Waals surface area contributed by atoms with Crippen LogP contribution in [0, 0.1) is 0 Å². The van der Waals surface area contributed by atoms with Crippen molar-refractivity contribution in [3.05, 3.63) is 71.0 Å². The summed E-state index contributed by atoms with van der Waals surface area (Å²) < 4.78 is 17.0. The highest BCUT2D eigenvalue weighted by molar-refractivity contribution is 5.75. The van der Waals surface area contributed by atoms with Crippen molar-refractivity contribution in [2.75, 3.05) is 27.4 Å². The molecule has 8 nitrogen and oxygen atoms in total. The first-order valence-electron chi connectivity index (χ1n) is 9.35. The highest BCUT2D eigenvalue weighted by Gasteiger charge is 2.08. The van der Waals surface area contributed by atoms with Crippen molar-refractivity contribution in [3.8, 4) is 28.5 Å². The zero-order chi connectivity index (χ0) is 21.3. The Morgan fingerprint density at radius 3 is 2.43 bits per heavy atom. The average molecular weight is 409 g/mol. The van der Waals surface area contributed by atoms with Crippen LogP contribution in [-0.4, -0.2) is 43.1 Å². The van der Waals surface area contributed by atoms with Crippen molar-refractivity contribution in [1.82, 2.24) is 15.1 Å². The van der Waals surface area contributed by atoms with Gasteiger partial charge < -0.3 is 19.5 Å². The summed E-state index contributed by atoms with van der Waals surface area (Å²) in [7, 11) is 3.17. The molecule has 0 fully saturated rings. The third kappa shape index (κ3) is 5.60. The Morgan fingerprint density at radius 1 is 0.967 bits per heavy atom. The zero-order valence-electron chi connectivity index (χ0n) is 16.8. The largest absolute Gasteiger partial charge is 0.497 e. The maximum atomic E-state index is 12.2. The van der Waals surface area contributed by atoms with Crippen LogP contribution in [0.1, 0.15) is 0 Å². The third-order valence-corrected chi connectivity index (χ3v) is 4.28. The Balaban J connectivity index is 1.54. The topological polar surface area (TPSA) is 91.7 Å². The number of methoxy groups -OCH3 is 2. The molecule has 2 aromatic carbocycles. The minimum Gasteiger partial charge on any atom is -0.497 e. The van der Waals surface area contributed by atoms with E-state index in [1.165, 1.54) is 6.07 Å². The van der Waals surface area contributed by atoms with Gasteiger partial charge in [-0.2, -0.15) is 5.10 Å². The molecule has 3 aromatic rings. The van der Waals surface area contributed by atoms with Crippen molar-refractivity contribution >= 4 is 5.91 Å². The number of carbonyl (C=O) groups excluding carboxylic acids is 1. The van der Waals surface area contributed by atoms with Crippen LogP contribution in [-0.2, 0) is 11.3 Å². The first-order valence-corrected chi connectivity index (χ1v) is 9.35. The summed E-state index contributed by atoms with van der Waals surface area (Å²) in [6, 6.07) is 17.5. The van der Waals surface area contributed by atoms with Gasteiger partial charge in [0, 0.05) is 11.6 Å². The number of ether oxygens (including phenoxy) is 3. The van der Waals surface area contributed by atoms with E-state index < -0.39 is 0 Å². The molecule has 0 spiro atoms. The molecule has 0 radical (unpaired) electrons. The standard InChI is InChI=1S/C22H23N3O5/c1-28-17-6-8-18(9-7-17)30-13-12-23-21(26)15-25-22(27)11-10-20(24-25)16-4-3-5-19(14-16)29-2/h3-11,14H,12-13,15H2,1-2H3,(H,23,26). The van der Waals surface area contributed by atoms with Gasteiger partial charge in [0.2, 0.25) is 5.91 Å². The number of aromatic nitrogens is 2. The summed E-state index contributed by atoms with van der Waals surface area (Å²) >= 11 is 0. The molecular formula is C22H23N3O5. The second-order valence-electron chi connectivity index (χ2n) is 6.32. The lowest BCUT2D eigenvalue weighted by Crippen LogP contribution is -2.35. The van der Waals surface area contributed by atoms with Crippen LogP contribution >= 0.6 is 0 Å². The fraction of sp³-hybridized carbons (Fsp3) is 0.227. The van der Waals surface area contributed by atoms with E-state index in [2.05, 4.69) is 10.4 Å². The van der Waals surface area contributed by atoms with Crippen molar-refractivity contribution in [2.45, 2.75) is 6.54 Å². The number of hydrogen-bond acceptors (Lipinski definition) is 6. The molecule has 0 unspecified atom stereocenters. The molecule has 0 aliphatic heterocycles. The van der Waals surface area contributed by atoms with Gasteiger partial charge in [-0.3, -0.25) is 9.59 Å². The summed E-state index contributed by atoms with van der Waals surface area (Å²) in [5.41, 5.74) is 1.01. The van der Waals surface area contributed by atoms with E-state index in [-0.39, 0.29) is 18.0 Å². The number of rotatable bonds is 9. The summed E-state index contributed by atoms with van der Waals surface area (Å²) in [5, 5.41) is 7.02. The van der Waals surface area contributed by atoms with Gasteiger partial charge in [-0.1, -0.05) is 12.1 Å². The lowest BCUT2D eigenvalue weighted by molar-refractivity contribution is -0.122. The van der Waals surface area contributed by atoms with Gasteiger partial charge in [-0.15, -0.1) is 0 Å². The van der Waals surface area contributed by atoms with Gasteiger partial charge in [-0.05, 0) is 42.5 Å². The molecule has 0 atom stereocenters. The number of hydrogen-bond donors (Lipinski definition) is 1. The molecule has 0 saturated heterocycles. The first kappa shape index (κ1) is 20.9. The molecule has 30 heavy (non-hydrogen) atoms. The average Bonchev–Trinajstić information content (AvgIpc) is 2.78. The zero-order valence-corrected chi connectivity index (χ0v) is 16.8. The van der Waals surface area contributed by atoms with Crippen LogP contribution in [0.25, 0.3) is 11.3 Å². The Bertz CT molecular complexity index is 1050. The van der Waals surface area contributed by atoms with Gasteiger partial charge in [-0.25, -0.2) is 4.68 Å². The Labute approximate surface area is 174 Å². The van der Waals surface area contributed by atoms with Crippen LogP contribution in [0.5, 0.6) is 17.2 Å². The van der Waals surface area contributed by atoms with Gasteiger partial charge in [0.25, 0.3) is 5.56 Å². The molecule has 1 heterocycles. The number of benzene rings is 2. The summed E-state index contributed by atoms with van der Waals surface area (Å²) in [6.45, 7) is 0.415. The Kier molecular flexibility index (Phi) is 7.05. The predicted molar refractivity (Wildman–Crippen MR) is 112 cm³/mol. The van der Waals surface area contributed by atoms with Gasteiger partial charge in [0.15, 0.2) is 0 Å². The van der Waals surface area contributed by atoms with E-state index in [4.69, 9.17) is 14.2 Å². The maximum absolute atomic E-state index is 12.2. The van der Waals surface area contributed by atoms with Crippen molar-refractivity contribution in [3.63, 3.8) is 0 Å². The molecule has 0 aliphatic carbocycles. The molecule has 1 amide bonds. The lowest BCUT2D eigenvalue weighted by atomic mass is 10.1. The molecule has 1 N–H and O–H groups in total. The molecule has 1 aromatic heterocycles. The molecule has 156 valence electrons. The Morgan fingerprint density at radius 2 is 1.70 bits per heavy atom. The molecule has 0 saturated carbocycles. The fourth-order valence-electron chi connectivity index (χ4n) is 2.72. The smallest absolute Gasteiger partial charge is 0.267 e. The molecule has 0 aliphatic rings. The second kappa shape index (κ2) is 10.1. The summed E-state index contributed by atoms with van der Waals surface area (Å²) in [6.07, 6.45) is 0. The fourth-order valence-corrected chi connectivity index (χ4v) is 2.72. The summed E-state index contributed by atoms with van der Waals surface area (Å²) in [4.78, 5) is 24.3. The number of carbonyl (C=O) groups is 1. The number of amides is 1. The molecule has 8 heteroatoms. The normalized spacial score (nSPS) is 10.3. The SMILES string of the molecule is COc1ccc(OCCNC(=O)Cn2nc(-c3cccc(OC)c3)ccc2=O)cc1.